The smallest absolute Gasteiger partial charge is 0.166 e. The quantitative estimate of drug-likeness (QED) is 0.497. The van der Waals surface area contributed by atoms with Gasteiger partial charge in [0.05, 0.1) is 13.5 Å². The lowest BCUT2D eigenvalue weighted by molar-refractivity contribution is -0.125. The van der Waals surface area contributed by atoms with Crippen LogP contribution in [-0.2, 0) is 16.0 Å². The first-order valence-electron chi connectivity index (χ1n) is 9.20. The number of allylic oxidation sites excluding steroid dienone is 1. The van der Waals surface area contributed by atoms with Gasteiger partial charge in [-0.3, -0.25) is 9.59 Å². The van der Waals surface area contributed by atoms with Gasteiger partial charge in [-0.05, 0) is 54.2 Å². The maximum absolute atomic E-state index is 12.4. The molecule has 1 aromatic carbocycles. The second kappa shape index (κ2) is 9.40. The Balaban J connectivity index is 1.93. The van der Waals surface area contributed by atoms with E-state index in [1.807, 2.05) is 6.08 Å². The number of aryl methyl sites for hydroxylation is 1. The second-order valence-electron chi connectivity index (χ2n) is 6.70. The van der Waals surface area contributed by atoms with Gasteiger partial charge in [-0.25, -0.2) is 0 Å². The van der Waals surface area contributed by atoms with E-state index in [1.165, 1.54) is 20.0 Å². The molecule has 0 atom stereocenters. The molecule has 1 N–H and O–H groups in total. The molecule has 0 aliphatic heterocycles. The monoisotopic (exact) mass is 344 g/mol. The number of Topliss-reactive ketones (excluding diaryl/α,β-unsaturated/α-hetero) is 2. The Morgan fingerprint density at radius 2 is 1.88 bits per heavy atom. The zero-order chi connectivity index (χ0) is 18.2. The standard InChI is InChI=1S/C21H28O4/c1-3-4-5-6-7-8-18(22)14-19(23)16-10-9-15-12-20(24)21(25-2)13-17(15)11-16/h11-13,24H,3-10,14H2,1-2H3. The van der Waals surface area contributed by atoms with Crippen molar-refractivity contribution in [2.24, 2.45) is 0 Å². The van der Waals surface area contributed by atoms with E-state index in [0.717, 1.165) is 30.4 Å². The first kappa shape index (κ1) is 19.2. The number of methoxy groups -OCH3 is 1. The van der Waals surface area contributed by atoms with Gasteiger partial charge in [-0.2, -0.15) is 0 Å². The summed E-state index contributed by atoms with van der Waals surface area (Å²) in [6.07, 6.45) is 9.13. The number of hydrogen-bond donors (Lipinski definition) is 1. The zero-order valence-corrected chi connectivity index (χ0v) is 15.3. The minimum Gasteiger partial charge on any atom is -0.504 e. The van der Waals surface area contributed by atoms with Crippen molar-refractivity contribution in [3.8, 4) is 11.5 Å². The first-order chi connectivity index (χ1) is 12.0. The topological polar surface area (TPSA) is 63.6 Å². The van der Waals surface area contributed by atoms with Crippen molar-refractivity contribution >= 4 is 17.6 Å². The number of carbonyl (C=O) groups excluding carboxylic acids is 2. The van der Waals surface area contributed by atoms with E-state index in [9.17, 15) is 14.7 Å². The molecule has 0 unspecified atom stereocenters. The van der Waals surface area contributed by atoms with Gasteiger partial charge in [0.25, 0.3) is 0 Å². The number of ether oxygens (including phenoxy) is 1. The lowest BCUT2D eigenvalue weighted by Crippen LogP contribution is -2.13. The molecule has 4 nitrogen and oxygen atoms in total. The maximum atomic E-state index is 12.4. The van der Waals surface area contributed by atoms with Crippen LogP contribution in [-0.4, -0.2) is 23.8 Å². The lowest BCUT2D eigenvalue weighted by Gasteiger charge is -2.17. The maximum Gasteiger partial charge on any atom is 0.166 e. The van der Waals surface area contributed by atoms with Gasteiger partial charge in [0.2, 0.25) is 0 Å². The number of benzene rings is 1. The van der Waals surface area contributed by atoms with E-state index in [0.29, 0.717) is 30.6 Å². The fraction of sp³-hybridized carbons (Fsp3) is 0.524. The molecule has 2 rings (SSSR count). The van der Waals surface area contributed by atoms with Gasteiger partial charge in [0.15, 0.2) is 17.3 Å². The van der Waals surface area contributed by atoms with Crippen molar-refractivity contribution in [2.45, 2.75) is 64.7 Å². The average Bonchev–Trinajstić information content (AvgIpc) is 2.60. The van der Waals surface area contributed by atoms with E-state index in [2.05, 4.69) is 6.92 Å². The SMILES string of the molecule is CCCCCCCC(=O)CC(=O)C1=Cc2cc(OC)c(O)cc2CC1. The van der Waals surface area contributed by atoms with Crippen molar-refractivity contribution in [1.82, 2.24) is 0 Å². The molecule has 4 heteroatoms. The van der Waals surface area contributed by atoms with Crippen LogP contribution in [0, 0.1) is 0 Å². The third kappa shape index (κ3) is 5.45. The van der Waals surface area contributed by atoms with Crippen LogP contribution in [0.25, 0.3) is 6.08 Å². The Morgan fingerprint density at radius 3 is 2.60 bits per heavy atom. The molecule has 0 radical (unpaired) electrons. The predicted octanol–water partition coefficient (Wildman–Crippen LogP) is 4.62. The summed E-state index contributed by atoms with van der Waals surface area (Å²) in [5.41, 5.74) is 2.58. The molecule has 0 saturated heterocycles. The normalized spacial score (nSPS) is 13.1. The average molecular weight is 344 g/mol. The Morgan fingerprint density at radius 1 is 1.12 bits per heavy atom. The zero-order valence-electron chi connectivity index (χ0n) is 15.3. The van der Waals surface area contributed by atoms with E-state index in [-0.39, 0.29) is 23.7 Å². The number of fused-ring (bicyclic) bond motifs is 1. The summed E-state index contributed by atoms with van der Waals surface area (Å²) in [7, 11) is 1.50. The number of rotatable bonds is 10. The van der Waals surface area contributed by atoms with Crippen LogP contribution in [0.15, 0.2) is 17.7 Å². The van der Waals surface area contributed by atoms with Crippen molar-refractivity contribution in [3.63, 3.8) is 0 Å². The molecular formula is C21H28O4. The van der Waals surface area contributed by atoms with Crippen LogP contribution in [0.1, 0.15) is 69.4 Å². The molecule has 1 aliphatic carbocycles. The van der Waals surface area contributed by atoms with Crippen molar-refractivity contribution < 1.29 is 19.4 Å². The fourth-order valence-electron chi connectivity index (χ4n) is 3.20. The summed E-state index contributed by atoms with van der Waals surface area (Å²) in [5, 5.41) is 9.84. The van der Waals surface area contributed by atoms with Gasteiger partial charge >= 0.3 is 0 Å². The molecule has 0 bridgehead atoms. The second-order valence-corrected chi connectivity index (χ2v) is 6.70. The molecule has 0 saturated carbocycles. The predicted molar refractivity (Wildman–Crippen MR) is 99.0 cm³/mol. The van der Waals surface area contributed by atoms with Crippen LogP contribution >= 0.6 is 0 Å². The van der Waals surface area contributed by atoms with Gasteiger partial charge in [0.1, 0.15) is 5.78 Å². The highest BCUT2D eigenvalue weighted by atomic mass is 16.5. The van der Waals surface area contributed by atoms with Gasteiger partial charge in [-0.1, -0.05) is 32.6 Å². The third-order valence-corrected chi connectivity index (χ3v) is 4.71. The van der Waals surface area contributed by atoms with E-state index < -0.39 is 0 Å². The molecular weight excluding hydrogens is 316 g/mol. The number of carbonyl (C=O) groups is 2. The first-order valence-corrected chi connectivity index (χ1v) is 9.20. The summed E-state index contributed by atoms with van der Waals surface area (Å²) >= 11 is 0. The molecule has 1 aliphatic rings. The molecule has 0 heterocycles. The van der Waals surface area contributed by atoms with Crippen LogP contribution in [0.3, 0.4) is 0 Å². The minimum absolute atomic E-state index is 0.00413. The minimum atomic E-state index is -0.0729. The number of phenolic OH excluding ortho intramolecular Hbond substituents is 1. The summed E-state index contributed by atoms with van der Waals surface area (Å²) in [6.45, 7) is 2.16. The summed E-state index contributed by atoms with van der Waals surface area (Å²) in [4.78, 5) is 24.4. The van der Waals surface area contributed by atoms with Crippen molar-refractivity contribution in [3.05, 3.63) is 28.8 Å². The van der Waals surface area contributed by atoms with Gasteiger partial charge in [-0.15, -0.1) is 0 Å². The molecule has 0 spiro atoms. The Bertz CT molecular complexity index is 658. The van der Waals surface area contributed by atoms with Crippen molar-refractivity contribution in [2.75, 3.05) is 7.11 Å². The van der Waals surface area contributed by atoms with E-state index in [4.69, 9.17) is 4.74 Å². The highest BCUT2D eigenvalue weighted by Crippen LogP contribution is 2.34. The largest absolute Gasteiger partial charge is 0.504 e. The Labute approximate surface area is 149 Å². The molecule has 1 aromatic rings. The number of ketones is 2. The summed E-state index contributed by atoms with van der Waals surface area (Å²) < 4.78 is 5.13. The number of phenols is 1. The lowest BCUT2D eigenvalue weighted by atomic mass is 9.88. The highest BCUT2D eigenvalue weighted by molar-refractivity contribution is 6.10. The Hall–Kier alpha value is -2.10. The van der Waals surface area contributed by atoms with E-state index >= 15 is 0 Å². The summed E-state index contributed by atoms with van der Waals surface area (Å²) in [5.74, 6) is 0.474. The Kier molecular flexibility index (Phi) is 7.23. The number of unbranched alkanes of at least 4 members (excludes halogenated alkanes) is 4. The van der Waals surface area contributed by atoms with Gasteiger partial charge < -0.3 is 9.84 Å². The third-order valence-electron chi connectivity index (χ3n) is 4.71. The van der Waals surface area contributed by atoms with E-state index in [1.54, 1.807) is 12.1 Å². The molecule has 0 aromatic heterocycles. The van der Waals surface area contributed by atoms with Gasteiger partial charge in [0, 0.05) is 6.42 Å². The highest BCUT2D eigenvalue weighted by Gasteiger charge is 2.20. The number of hydrogen-bond acceptors (Lipinski definition) is 4. The van der Waals surface area contributed by atoms with Crippen LogP contribution in [0.4, 0.5) is 0 Å². The van der Waals surface area contributed by atoms with Crippen molar-refractivity contribution in [1.29, 1.82) is 0 Å². The van der Waals surface area contributed by atoms with Crippen LogP contribution in [0.2, 0.25) is 0 Å². The summed E-state index contributed by atoms with van der Waals surface area (Å²) in [6, 6.07) is 3.43. The molecule has 0 fully saturated rings. The van der Waals surface area contributed by atoms with Crippen LogP contribution < -0.4 is 4.74 Å². The van der Waals surface area contributed by atoms with Crippen LogP contribution in [0.5, 0.6) is 11.5 Å². The molecule has 25 heavy (non-hydrogen) atoms. The fourth-order valence-corrected chi connectivity index (χ4v) is 3.20. The molecule has 0 amide bonds. The molecule has 136 valence electrons. The number of aromatic hydroxyl groups is 1.